The summed E-state index contributed by atoms with van der Waals surface area (Å²) in [6.45, 7) is 2.83. The van der Waals surface area contributed by atoms with Crippen LogP contribution in [0.4, 0.5) is 5.69 Å². The first-order valence-corrected chi connectivity index (χ1v) is 8.48. The maximum Gasteiger partial charge on any atom is 0.258 e. The first-order valence-electron chi connectivity index (χ1n) is 8.48. The highest BCUT2D eigenvalue weighted by atomic mass is 16.5. The molecule has 0 atom stereocenters. The van der Waals surface area contributed by atoms with Crippen LogP contribution in [-0.2, 0) is 16.0 Å². The predicted octanol–water partition coefficient (Wildman–Crippen LogP) is 2.47. The SMILES string of the molecule is Cc1ccc(OCC(=O)NCCN2C(=O)CCc3ccccc32)cc1. The van der Waals surface area contributed by atoms with Crippen LogP contribution in [0, 0.1) is 6.92 Å². The topological polar surface area (TPSA) is 58.6 Å². The van der Waals surface area contributed by atoms with E-state index in [4.69, 9.17) is 4.74 Å². The van der Waals surface area contributed by atoms with Gasteiger partial charge in [-0.1, -0.05) is 35.9 Å². The van der Waals surface area contributed by atoms with Crippen molar-refractivity contribution in [3.05, 3.63) is 59.7 Å². The highest BCUT2D eigenvalue weighted by Crippen LogP contribution is 2.26. The zero-order valence-corrected chi connectivity index (χ0v) is 14.3. The molecule has 2 aromatic rings. The molecule has 1 aliphatic rings. The Morgan fingerprint density at radius 3 is 2.68 bits per heavy atom. The Labute approximate surface area is 147 Å². The molecular formula is C20H22N2O3. The summed E-state index contributed by atoms with van der Waals surface area (Å²) < 4.78 is 5.45. The molecule has 0 radical (unpaired) electrons. The minimum absolute atomic E-state index is 0.0341. The van der Waals surface area contributed by atoms with Crippen molar-refractivity contribution in [2.24, 2.45) is 0 Å². The summed E-state index contributed by atoms with van der Waals surface area (Å²) >= 11 is 0. The number of rotatable bonds is 6. The van der Waals surface area contributed by atoms with Gasteiger partial charge in [-0.25, -0.2) is 0 Å². The highest BCUT2D eigenvalue weighted by Gasteiger charge is 2.23. The Morgan fingerprint density at radius 1 is 1.12 bits per heavy atom. The van der Waals surface area contributed by atoms with Crippen molar-refractivity contribution in [1.29, 1.82) is 0 Å². The number of benzene rings is 2. The first kappa shape index (κ1) is 17.0. The smallest absolute Gasteiger partial charge is 0.258 e. The van der Waals surface area contributed by atoms with Crippen molar-refractivity contribution in [1.82, 2.24) is 5.32 Å². The summed E-state index contributed by atoms with van der Waals surface area (Å²) in [4.78, 5) is 25.8. The Balaban J connectivity index is 1.47. The van der Waals surface area contributed by atoms with E-state index in [1.54, 1.807) is 4.90 Å². The summed E-state index contributed by atoms with van der Waals surface area (Å²) in [6.07, 6.45) is 1.30. The molecule has 0 aliphatic carbocycles. The summed E-state index contributed by atoms with van der Waals surface area (Å²) in [5.74, 6) is 0.572. The van der Waals surface area contributed by atoms with Gasteiger partial charge in [0.05, 0.1) is 0 Å². The molecule has 1 N–H and O–H groups in total. The van der Waals surface area contributed by atoms with Crippen molar-refractivity contribution in [2.75, 3.05) is 24.6 Å². The van der Waals surface area contributed by atoms with Crippen LogP contribution < -0.4 is 15.0 Å². The zero-order valence-electron chi connectivity index (χ0n) is 14.3. The van der Waals surface area contributed by atoms with Crippen LogP contribution in [0.15, 0.2) is 48.5 Å². The summed E-state index contributed by atoms with van der Waals surface area (Å²) in [7, 11) is 0. The van der Waals surface area contributed by atoms with Crippen molar-refractivity contribution in [3.8, 4) is 5.75 Å². The number of aryl methyl sites for hydroxylation is 2. The van der Waals surface area contributed by atoms with Crippen LogP contribution >= 0.6 is 0 Å². The molecule has 2 amide bonds. The van der Waals surface area contributed by atoms with Gasteiger partial charge in [-0.15, -0.1) is 0 Å². The average molecular weight is 338 g/mol. The number of fused-ring (bicyclic) bond motifs is 1. The van der Waals surface area contributed by atoms with Crippen molar-refractivity contribution in [3.63, 3.8) is 0 Å². The number of carbonyl (C=O) groups excluding carboxylic acids is 2. The lowest BCUT2D eigenvalue weighted by Gasteiger charge is -2.29. The summed E-state index contributed by atoms with van der Waals surface area (Å²) in [6, 6.07) is 15.5. The van der Waals surface area contributed by atoms with Gasteiger partial charge in [0.1, 0.15) is 5.75 Å². The molecule has 0 saturated carbocycles. The van der Waals surface area contributed by atoms with E-state index < -0.39 is 0 Å². The molecule has 3 rings (SSSR count). The largest absolute Gasteiger partial charge is 0.484 e. The van der Waals surface area contributed by atoms with Crippen LogP contribution in [0.1, 0.15) is 17.5 Å². The Hall–Kier alpha value is -2.82. The standard InChI is InChI=1S/C20H22N2O3/c1-15-6-9-17(10-7-15)25-14-19(23)21-12-13-22-18-5-3-2-4-16(18)8-11-20(22)24/h2-7,9-10H,8,11-14H2,1H3,(H,21,23). The molecule has 130 valence electrons. The number of ether oxygens (including phenoxy) is 1. The van der Waals surface area contributed by atoms with Gasteiger partial charge in [-0.2, -0.15) is 0 Å². The molecule has 2 aromatic carbocycles. The number of carbonyl (C=O) groups is 2. The third-order valence-electron chi connectivity index (χ3n) is 4.24. The second-order valence-corrected chi connectivity index (χ2v) is 6.13. The molecule has 5 nitrogen and oxygen atoms in total. The van der Waals surface area contributed by atoms with Crippen LogP contribution in [0.5, 0.6) is 5.75 Å². The number of amides is 2. The fraction of sp³-hybridized carbons (Fsp3) is 0.300. The monoisotopic (exact) mass is 338 g/mol. The Morgan fingerprint density at radius 2 is 1.88 bits per heavy atom. The molecule has 1 aliphatic heterocycles. The number of nitrogens with one attached hydrogen (secondary N) is 1. The number of hydrogen-bond donors (Lipinski definition) is 1. The van der Waals surface area contributed by atoms with E-state index in [0.29, 0.717) is 25.3 Å². The number of para-hydroxylation sites is 1. The van der Waals surface area contributed by atoms with Gasteiger partial charge in [-0.05, 0) is 37.1 Å². The Bertz CT molecular complexity index is 756. The van der Waals surface area contributed by atoms with Crippen molar-refractivity contribution >= 4 is 17.5 Å². The fourth-order valence-electron chi connectivity index (χ4n) is 2.88. The lowest BCUT2D eigenvalue weighted by molar-refractivity contribution is -0.123. The molecule has 0 spiro atoms. The molecule has 0 aromatic heterocycles. The Kier molecular flexibility index (Phi) is 5.33. The van der Waals surface area contributed by atoms with E-state index in [1.807, 2.05) is 55.5 Å². The minimum atomic E-state index is -0.196. The van der Waals surface area contributed by atoms with Crippen molar-refractivity contribution in [2.45, 2.75) is 19.8 Å². The van der Waals surface area contributed by atoms with Crippen molar-refractivity contribution < 1.29 is 14.3 Å². The molecule has 5 heteroatoms. The van der Waals surface area contributed by atoms with E-state index in [0.717, 1.165) is 17.7 Å². The fourth-order valence-corrected chi connectivity index (χ4v) is 2.88. The quantitative estimate of drug-likeness (QED) is 0.880. The number of nitrogens with zero attached hydrogens (tertiary/aromatic N) is 1. The van der Waals surface area contributed by atoms with Gasteiger partial charge in [-0.3, -0.25) is 9.59 Å². The summed E-state index contributed by atoms with van der Waals surface area (Å²) in [5.41, 5.74) is 3.27. The molecule has 0 fully saturated rings. The molecule has 25 heavy (non-hydrogen) atoms. The van der Waals surface area contributed by atoms with Crippen LogP contribution in [0.3, 0.4) is 0 Å². The lowest BCUT2D eigenvalue weighted by atomic mass is 10.0. The third kappa shape index (κ3) is 4.38. The van der Waals surface area contributed by atoms with Gasteiger partial charge in [0.25, 0.3) is 5.91 Å². The molecule has 1 heterocycles. The highest BCUT2D eigenvalue weighted by molar-refractivity contribution is 5.96. The summed E-state index contributed by atoms with van der Waals surface area (Å²) in [5, 5.41) is 2.81. The second kappa shape index (κ2) is 7.83. The van der Waals surface area contributed by atoms with Crippen LogP contribution in [0.2, 0.25) is 0 Å². The van der Waals surface area contributed by atoms with Crippen LogP contribution in [-0.4, -0.2) is 31.5 Å². The molecule has 0 unspecified atom stereocenters. The average Bonchev–Trinajstić information content (AvgIpc) is 2.63. The minimum Gasteiger partial charge on any atom is -0.484 e. The predicted molar refractivity (Wildman–Crippen MR) is 96.8 cm³/mol. The molecular weight excluding hydrogens is 316 g/mol. The van der Waals surface area contributed by atoms with E-state index in [1.165, 1.54) is 5.56 Å². The second-order valence-electron chi connectivity index (χ2n) is 6.13. The van der Waals surface area contributed by atoms with Gasteiger partial charge in [0.2, 0.25) is 5.91 Å². The van der Waals surface area contributed by atoms with Crippen LogP contribution in [0.25, 0.3) is 0 Å². The van der Waals surface area contributed by atoms with Gasteiger partial charge in [0, 0.05) is 25.2 Å². The van der Waals surface area contributed by atoms with Gasteiger partial charge >= 0.3 is 0 Å². The van der Waals surface area contributed by atoms with Gasteiger partial charge < -0.3 is 15.0 Å². The molecule has 0 saturated heterocycles. The van der Waals surface area contributed by atoms with E-state index in [2.05, 4.69) is 5.32 Å². The van der Waals surface area contributed by atoms with E-state index in [9.17, 15) is 9.59 Å². The van der Waals surface area contributed by atoms with E-state index >= 15 is 0 Å². The third-order valence-corrected chi connectivity index (χ3v) is 4.24. The number of anilines is 1. The maximum absolute atomic E-state index is 12.2. The van der Waals surface area contributed by atoms with Gasteiger partial charge in [0.15, 0.2) is 6.61 Å². The maximum atomic E-state index is 12.2. The number of hydrogen-bond acceptors (Lipinski definition) is 3. The molecule has 0 bridgehead atoms. The lowest BCUT2D eigenvalue weighted by Crippen LogP contribution is -2.42. The first-order chi connectivity index (χ1) is 12.1. The van der Waals surface area contributed by atoms with E-state index in [-0.39, 0.29) is 18.4 Å². The normalized spacial score (nSPS) is 13.3. The zero-order chi connectivity index (χ0) is 17.6.